The van der Waals surface area contributed by atoms with E-state index >= 15 is 0 Å². The second kappa shape index (κ2) is 2.38. The van der Waals surface area contributed by atoms with Gasteiger partial charge in [-0.15, -0.1) is 0 Å². The van der Waals surface area contributed by atoms with Crippen molar-refractivity contribution >= 4 is 24.3 Å². The third kappa shape index (κ3) is 1.07. The van der Waals surface area contributed by atoms with E-state index in [2.05, 4.69) is 9.98 Å². The highest BCUT2D eigenvalue weighted by molar-refractivity contribution is 6.24. The fraction of sp³-hybridized carbons (Fsp3) is 0.200. The third-order valence-corrected chi connectivity index (χ3v) is 0.971. The summed E-state index contributed by atoms with van der Waals surface area (Å²) in [5.41, 5.74) is 0. The van der Waals surface area contributed by atoms with E-state index in [4.69, 9.17) is 5.11 Å². The van der Waals surface area contributed by atoms with Gasteiger partial charge in [-0.3, -0.25) is 9.79 Å². The number of hydrogen-bond acceptors (Lipinski definition) is 3. The maximum Gasteiger partial charge on any atom is 0.338 e. The number of aliphatic imine (C=N–C) groups is 2. The lowest BCUT2D eigenvalue weighted by Gasteiger charge is -2.02. The van der Waals surface area contributed by atoms with E-state index in [9.17, 15) is 9.59 Å². The van der Waals surface area contributed by atoms with Gasteiger partial charge >= 0.3 is 5.97 Å². The molecule has 5 nitrogen and oxygen atoms in total. The number of nitrogens with zero attached hydrogens (tertiary/aromatic N) is 2. The average Bonchev–Trinajstić information content (AvgIpc) is 1.88. The van der Waals surface area contributed by atoms with Crippen LogP contribution in [0.25, 0.3) is 0 Å². The molecule has 0 aromatic heterocycles. The Balaban J connectivity index is 2.80. The van der Waals surface area contributed by atoms with Crippen LogP contribution in [-0.2, 0) is 9.59 Å². The summed E-state index contributed by atoms with van der Waals surface area (Å²) in [4.78, 5) is 27.3. The Morgan fingerprint density at radius 1 is 1.60 bits per heavy atom. The molecule has 1 amide bonds. The van der Waals surface area contributed by atoms with Gasteiger partial charge in [0.15, 0.2) is 0 Å². The maximum atomic E-state index is 10.5. The number of aliphatic carboxylic acids is 1. The van der Waals surface area contributed by atoms with Crippen molar-refractivity contribution in [3.63, 3.8) is 0 Å². The lowest BCUT2D eigenvalue weighted by atomic mass is 10.3. The van der Waals surface area contributed by atoms with E-state index in [0.717, 1.165) is 0 Å². The molecule has 1 aliphatic rings. The summed E-state index contributed by atoms with van der Waals surface area (Å²) in [7, 11) is 0. The summed E-state index contributed by atoms with van der Waals surface area (Å²) in [6, 6.07) is -1.33. The predicted molar refractivity (Wildman–Crippen MR) is 33.4 cm³/mol. The zero-order chi connectivity index (χ0) is 7.56. The van der Waals surface area contributed by atoms with Gasteiger partial charge in [-0.05, 0) is 0 Å². The molecule has 52 valence electrons. The molecule has 0 aromatic carbocycles. The molecule has 0 saturated carbocycles. The van der Waals surface area contributed by atoms with Crippen molar-refractivity contribution in [2.45, 2.75) is 6.04 Å². The highest BCUT2D eigenvalue weighted by atomic mass is 16.4. The standard InChI is InChI=1S/C5H4N2O3/c8-4-3(5(9)10)6-1-2-7-4/h1-3H,(H,9,10)/t3-/m0/s1. The summed E-state index contributed by atoms with van der Waals surface area (Å²) < 4.78 is 0. The molecule has 1 rings (SSSR count). The first kappa shape index (κ1) is 6.60. The summed E-state index contributed by atoms with van der Waals surface area (Å²) in [6.45, 7) is 0. The van der Waals surface area contributed by atoms with Crippen LogP contribution in [0.5, 0.6) is 0 Å². The van der Waals surface area contributed by atoms with Crippen molar-refractivity contribution in [2.24, 2.45) is 9.98 Å². The van der Waals surface area contributed by atoms with E-state index < -0.39 is 17.9 Å². The highest BCUT2D eigenvalue weighted by Gasteiger charge is 2.25. The molecule has 0 spiro atoms. The lowest BCUT2D eigenvalue weighted by molar-refractivity contribution is -0.141. The van der Waals surface area contributed by atoms with E-state index in [0.29, 0.717) is 0 Å². The molecule has 1 atom stereocenters. The van der Waals surface area contributed by atoms with Gasteiger partial charge in [0, 0.05) is 12.4 Å². The summed E-state index contributed by atoms with van der Waals surface area (Å²) in [5, 5.41) is 8.30. The van der Waals surface area contributed by atoms with Gasteiger partial charge in [-0.25, -0.2) is 9.79 Å². The van der Waals surface area contributed by atoms with Crippen LogP contribution in [0.2, 0.25) is 0 Å². The maximum absolute atomic E-state index is 10.5. The monoisotopic (exact) mass is 140 g/mol. The molecular formula is C5H4N2O3. The number of hydrogen-bond donors (Lipinski definition) is 1. The Bertz CT molecular complexity index is 231. The summed E-state index contributed by atoms with van der Waals surface area (Å²) >= 11 is 0. The SMILES string of the molecule is O=C(O)[C@H]1N=CC=NC1=O. The van der Waals surface area contributed by atoms with Gasteiger partial charge in [0.2, 0.25) is 6.04 Å². The molecule has 0 bridgehead atoms. The van der Waals surface area contributed by atoms with E-state index in [1.165, 1.54) is 12.4 Å². The van der Waals surface area contributed by atoms with Crippen LogP contribution in [-0.4, -0.2) is 35.5 Å². The number of carbonyl (C=O) groups excluding carboxylic acids is 1. The van der Waals surface area contributed by atoms with Crippen LogP contribution in [0.4, 0.5) is 0 Å². The average molecular weight is 140 g/mol. The van der Waals surface area contributed by atoms with Gasteiger partial charge < -0.3 is 5.11 Å². The molecule has 1 N–H and O–H groups in total. The molecule has 0 unspecified atom stereocenters. The normalized spacial score (nSPS) is 23.2. The van der Waals surface area contributed by atoms with E-state index in [1.807, 2.05) is 0 Å². The van der Waals surface area contributed by atoms with Crippen LogP contribution in [0, 0.1) is 0 Å². The number of carboxylic acids is 1. The van der Waals surface area contributed by atoms with Crippen molar-refractivity contribution in [2.75, 3.05) is 0 Å². The molecule has 1 heterocycles. The number of carboxylic acid groups (broad SMARTS) is 1. The Morgan fingerprint density at radius 2 is 2.30 bits per heavy atom. The molecule has 0 saturated heterocycles. The molecule has 0 aliphatic carbocycles. The number of amides is 1. The zero-order valence-corrected chi connectivity index (χ0v) is 4.89. The topological polar surface area (TPSA) is 79.1 Å². The second-order valence-corrected chi connectivity index (χ2v) is 1.66. The smallest absolute Gasteiger partial charge is 0.338 e. The fourth-order valence-corrected chi connectivity index (χ4v) is 0.535. The van der Waals surface area contributed by atoms with Crippen LogP contribution in [0.3, 0.4) is 0 Å². The summed E-state index contributed by atoms with van der Waals surface area (Å²) in [6.07, 6.45) is 2.36. The first-order chi connectivity index (χ1) is 4.72. The predicted octanol–water partition coefficient (Wildman–Crippen LogP) is -0.879. The van der Waals surface area contributed by atoms with Gasteiger partial charge in [-0.2, -0.15) is 0 Å². The molecule has 0 fully saturated rings. The lowest BCUT2D eigenvalue weighted by Crippen LogP contribution is -2.28. The summed E-state index contributed by atoms with van der Waals surface area (Å²) in [5.74, 6) is -1.99. The molecule has 1 aliphatic heterocycles. The van der Waals surface area contributed by atoms with Crippen molar-refractivity contribution in [3.05, 3.63) is 0 Å². The highest BCUT2D eigenvalue weighted by Crippen LogP contribution is 1.96. The van der Waals surface area contributed by atoms with Crippen molar-refractivity contribution < 1.29 is 14.7 Å². The largest absolute Gasteiger partial charge is 0.479 e. The molecule has 0 aromatic rings. The third-order valence-electron chi connectivity index (χ3n) is 0.971. The van der Waals surface area contributed by atoms with Crippen LogP contribution >= 0.6 is 0 Å². The Kier molecular flexibility index (Phi) is 1.57. The van der Waals surface area contributed by atoms with Crippen LogP contribution in [0.1, 0.15) is 0 Å². The fourth-order valence-electron chi connectivity index (χ4n) is 0.535. The second-order valence-electron chi connectivity index (χ2n) is 1.66. The number of carbonyl (C=O) groups is 2. The minimum absolute atomic E-state index is 0.727. The Morgan fingerprint density at radius 3 is 2.70 bits per heavy atom. The van der Waals surface area contributed by atoms with Gasteiger partial charge in [-0.1, -0.05) is 0 Å². The quantitative estimate of drug-likeness (QED) is 0.480. The Hall–Kier alpha value is -1.52. The molecule has 10 heavy (non-hydrogen) atoms. The zero-order valence-electron chi connectivity index (χ0n) is 4.89. The first-order valence-electron chi connectivity index (χ1n) is 2.54. The van der Waals surface area contributed by atoms with Crippen LogP contribution in [0.15, 0.2) is 9.98 Å². The molecule has 0 radical (unpaired) electrons. The van der Waals surface area contributed by atoms with Crippen molar-refractivity contribution in [1.82, 2.24) is 0 Å². The Labute approximate surface area is 56.1 Å². The number of rotatable bonds is 1. The van der Waals surface area contributed by atoms with Gasteiger partial charge in [0.05, 0.1) is 0 Å². The first-order valence-corrected chi connectivity index (χ1v) is 2.54. The minimum atomic E-state index is -1.33. The van der Waals surface area contributed by atoms with E-state index in [-0.39, 0.29) is 0 Å². The van der Waals surface area contributed by atoms with Gasteiger partial charge in [0.1, 0.15) is 0 Å². The molecule has 5 heteroatoms. The van der Waals surface area contributed by atoms with Crippen molar-refractivity contribution in [3.8, 4) is 0 Å². The van der Waals surface area contributed by atoms with E-state index in [1.54, 1.807) is 0 Å². The van der Waals surface area contributed by atoms with Crippen LogP contribution < -0.4 is 0 Å². The van der Waals surface area contributed by atoms with Gasteiger partial charge in [0.25, 0.3) is 5.91 Å². The van der Waals surface area contributed by atoms with Crippen molar-refractivity contribution in [1.29, 1.82) is 0 Å². The minimum Gasteiger partial charge on any atom is -0.479 e. The molecular weight excluding hydrogens is 136 g/mol.